The number of fused-ring (bicyclic) bond motifs is 1. The Kier molecular flexibility index (Phi) is 4.51. The Morgan fingerprint density at radius 3 is 2.88 bits per heavy atom. The minimum Gasteiger partial charge on any atom is -0.323 e. The smallest absolute Gasteiger partial charge is 0.157 e. The summed E-state index contributed by atoms with van der Waals surface area (Å²) in [7, 11) is 1.69. The van der Waals surface area contributed by atoms with E-state index in [1.54, 1.807) is 25.7 Å². The lowest BCUT2D eigenvalue weighted by atomic mass is 10.0. The highest BCUT2D eigenvalue weighted by atomic mass is 15.2. The van der Waals surface area contributed by atoms with E-state index in [2.05, 4.69) is 30.5 Å². The number of aliphatic imine (C=N–C) groups is 1. The molecule has 0 aliphatic carbocycles. The van der Waals surface area contributed by atoms with Gasteiger partial charge in [0.2, 0.25) is 0 Å². The molecule has 0 saturated carbocycles. The van der Waals surface area contributed by atoms with Gasteiger partial charge in [-0.05, 0) is 42.3 Å². The normalized spacial score (nSPS) is 12.4. The van der Waals surface area contributed by atoms with Crippen molar-refractivity contribution in [1.82, 2.24) is 20.2 Å². The second-order valence-electron chi connectivity index (χ2n) is 5.29. The van der Waals surface area contributed by atoms with Crippen LogP contribution in [-0.2, 0) is 0 Å². The van der Waals surface area contributed by atoms with Gasteiger partial charge >= 0.3 is 0 Å². The van der Waals surface area contributed by atoms with Crippen LogP contribution in [0.15, 0.2) is 41.7 Å². The molecule has 0 radical (unpaired) electrons. The van der Waals surface area contributed by atoms with Crippen molar-refractivity contribution in [2.75, 3.05) is 12.4 Å². The van der Waals surface area contributed by atoms with Crippen molar-refractivity contribution < 1.29 is 0 Å². The van der Waals surface area contributed by atoms with E-state index in [4.69, 9.17) is 5.41 Å². The van der Waals surface area contributed by atoms with Gasteiger partial charge in [0.05, 0.1) is 23.1 Å². The lowest BCUT2D eigenvalue weighted by Crippen LogP contribution is -2.03. The number of aromatic nitrogens is 4. The highest BCUT2D eigenvalue weighted by Crippen LogP contribution is 2.21. The number of nitrogens with one attached hydrogen (secondary N) is 2. The maximum absolute atomic E-state index is 7.53. The molecule has 3 heterocycles. The summed E-state index contributed by atoms with van der Waals surface area (Å²) in [6.45, 7) is 1.95. The molecule has 120 valence electrons. The van der Waals surface area contributed by atoms with E-state index in [1.165, 1.54) is 6.21 Å². The quantitative estimate of drug-likeness (QED) is 0.704. The van der Waals surface area contributed by atoms with Gasteiger partial charge in [-0.3, -0.25) is 9.98 Å². The van der Waals surface area contributed by atoms with Crippen LogP contribution in [0.3, 0.4) is 0 Å². The number of hydrogen-bond donors (Lipinski definition) is 2. The van der Waals surface area contributed by atoms with Gasteiger partial charge in [-0.2, -0.15) is 5.10 Å². The van der Waals surface area contributed by atoms with Crippen molar-refractivity contribution in [2.24, 2.45) is 4.99 Å². The summed E-state index contributed by atoms with van der Waals surface area (Å²) in [6.07, 6.45) is 6.44. The lowest BCUT2D eigenvalue weighted by Gasteiger charge is -2.09. The molecule has 2 N–H and O–H groups in total. The van der Waals surface area contributed by atoms with Crippen LogP contribution in [0, 0.1) is 12.3 Å². The summed E-state index contributed by atoms with van der Waals surface area (Å²) in [5, 5.41) is 18.7. The Morgan fingerprint density at radius 2 is 2.12 bits per heavy atom. The van der Waals surface area contributed by atoms with E-state index in [-0.39, 0.29) is 5.92 Å². The first-order valence-electron chi connectivity index (χ1n) is 7.46. The first-order valence-corrected chi connectivity index (χ1v) is 7.46. The van der Waals surface area contributed by atoms with Gasteiger partial charge in [0.15, 0.2) is 5.82 Å². The predicted molar refractivity (Wildman–Crippen MR) is 95.5 cm³/mol. The monoisotopic (exact) mass is 319 g/mol. The van der Waals surface area contributed by atoms with Crippen LogP contribution in [0.1, 0.15) is 17.0 Å². The molecule has 1 atom stereocenters. The van der Waals surface area contributed by atoms with E-state index in [0.29, 0.717) is 11.6 Å². The van der Waals surface area contributed by atoms with Gasteiger partial charge in [0.25, 0.3) is 0 Å². The van der Waals surface area contributed by atoms with Crippen molar-refractivity contribution in [3.8, 4) is 0 Å². The molecular formula is C17H17N7. The molecule has 0 fully saturated rings. The first-order chi connectivity index (χ1) is 11.7. The van der Waals surface area contributed by atoms with Crippen LogP contribution in [0.2, 0.25) is 0 Å². The Balaban J connectivity index is 1.97. The van der Waals surface area contributed by atoms with Gasteiger partial charge in [-0.15, -0.1) is 5.10 Å². The number of rotatable bonds is 5. The molecule has 0 bridgehead atoms. The highest BCUT2D eigenvalue weighted by molar-refractivity contribution is 5.90. The van der Waals surface area contributed by atoms with Gasteiger partial charge in [0.1, 0.15) is 5.82 Å². The summed E-state index contributed by atoms with van der Waals surface area (Å²) >= 11 is 0. The third-order valence-electron chi connectivity index (χ3n) is 3.60. The van der Waals surface area contributed by atoms with Crippen LogP contribution in [0.25, 0.3) is 11.0 Å². The molecule has 24 heavy (non-hydrogen) atoms. The van der Waals surface area contributed by atoms with E-state index in [9.17, 15) is 0 Å². The fourth-order valence-corrected chi connectivity index (χ4v) is 2.30. The number of anilines is 2. The molecule has 7 nitrogen and oxygen atoms in total. The van der Waals surface area contributed by atoms with Crippen LogP contribution in [0.4, 0.5) is 11.6 Å². The average Bonchev–Trinajstić information content (AvgIpc) is 2.61. The third-order valence-corrected chi connectivity index (χ3v) is 3.60. The third kappa shape index (κ3) is 3.24. The molecule has 0 spiro atoms. The Labute approximate surface area is 139 Å². The van der Waals surface area contributed by atoms with Crippen molar-refractivity contribution >= 4 is 35.1 Å². The number of nitrogens with zero attached hydrogens (tertiary/aromatic N) is 5. The van der Waals surface area contributed by atoms with Crippen LogP contribution in [0.5, 0.6) is 0 Å². The van der Waals surface area contributed by atoms with E-state index >= 15 is 0 Å². The highest BCUT2D eigenvalue weighted by Gasteiger charge is 2.09. The Hall–Kier alpha value is -3.22. The number of pyridine rings is 2. The SMILES string of the molecule is CN=CC(C=N)c1cnc2ccc(Nc3nnccc3C)nc2c1. The van der Waals surface area contributed by atoms with Crippen LogP contribution >= 0.6 is 0 Å². The Bertz CT molecular complexity index is 904. The maximum atomic E-state index is 7.53. The minimum absolute atomic E-state index is 0.201. The van der Waals surface area contributed by atoms with E-state index in [0.717, 1.165) is 22.2 Å². The van der Waals surface area contributed by atoms with Crippen LogP contribution < -0.4 is 5.32 Å². The lowest BCUT2D eigenvalue weighted by molar-refractivity contribution is 1.02. The van der Waals surface area contributed by atoms with E-state index in [1.807, 2.05) is 31.2 Å². The number of hydrogen-bond acceptors (Lipinski definition) is 7. The molecule has 0 aromatic carbocycles. The van der Waals surface area contributed by atoms with Gasteiger partial charge in [-0.1, -0.05) is 0 Å². The summed E-state index contributed by atoms with van der Waals surface area (Å²) in [4.78, 5) is 13.0. The van der Waals surface area contributed by atoms with Gasteiger partial charge in [0, 0.05) is 25.7 Å². The molecule has 1 unspecified atom stereocenters. The largest absolute Gasteiger partial charge is 0.323 e. The predicted octanol–water partition coefficient (Wildman–Crippen LogP) is 2.91. The molecule has 3 aromatic rings. The molecule has 0 aliphatic heterocycles. The fraction of sp³-hybridized carbons (Fsp3) is 0.176. The second kappa shape index (κ2) is 6.91. The van der Waals surface area contributed by atoms with Gasteiger partial charge < -0.3 is 10.7 Å². The van der Waals surface area contributed by atoms with Crippen molar-refractivity contribution in [3.63, 3.8) is 0 Å². The molecule has 0 aliphatic rings. The van der Waals surface area contributed by atoms with Crippen molar-refractivity contribution in [2.45, 2.75) is 12.8 Å². The second-order valence-corrected chi connectivity index (χ2v) is 5.29. The molecule has 3 rings (SSSR count). The zero-order chi connectivity index (χ0) is 16.9. The summed E-state index contributed by atoms with van der Waals surface area (Å²) in [6, 6.07) is 7.56. The topological polar surface area (TPSA) is 99.8 Å². The standard InChI is InChI=1S/C17H17N7/c1-11-5-6-21-24-17(11)23-16-4-3-14-15(22-16)7-12(10-20-14)13(8-18)9-19-2/h3-10,13,18H,1-2H3,(H,22,23,24). The summed E-state index contributed by atoms with van der Waals surface area (Å²) in [5.74, 6) is 1.14. The summed E-state index contributed by atoms with van der Waals surface area (Å²) < 4.78 is 0. The summed E-state index contributed by atoms with van der Waals surface area (Å²) in [5.41, 5.74) is 3.40. The molecule has 7 heteroatoms. The van der Waals surface area contributed by atoms with Crippen molar-refractivity contribution in [3.05, 3.63) is 47.8 Å². The maximum Gasteiger partial charge on any atom is 0.157 e. The number of aryl methyl sites for hydroxylation is 1. The average molecular weight is 319 g/mol. The van der Waals surface area contributed by atoms with E-state index < -0.39 is 0 Å². The first kappa shape index (κ1) is 15.7. The molecule has 3 aromatic heterocycles. The molecule has 0 amide bonds. The van der Waals surface area contributed by atoms with Crippen molar-refractivity contribution in [1.29, 1.82) is 5.41 Å². The van der Waals surface area contributed by atoms with Crippen LogP contribution in [-0.4, -0.2) is 39.6 Å². The molecule has 0 saturated heterocycles. The zero-order valence-electron chi connectivity index (χ0n) is 13.4. The fourth-order valence-electron chi connectivity index (χ4n) is 2.30. The molecular weight excluding hydrogens is 302 g/mol. The zero-order valence-corrected chi connectivity index (χ0v) is 13.4. The minimum atomic E-state index is -0.201. The van der Waals surface area contributed by atoms with Gasteiger partial charge in [-0.25, -0.2) is 4.98 Å². The Morgan fingerprint density at radius 1 is 1.25 bits per heavy atom.